The topological polar surface area (TPSA) is 4.93 Å². The first-order valence-corrected chi connectivity index (χ1v) is 17.4. The minimum Gasteiger partial charge on any atom is -0.309 e. The van der Waals surface area contributed by atoms with Crippen molar-refractivity contribution in [3.8, 4) is 16.8 Å². The molecular formula is C50H35N. The van der Waals surface area contributed by atoms with E-state index in [4.69, 9.17) is 0 Å². The molecule has 1 nitrogen and oxygen atoms in total. The molecule has 0 radical (unpaired) electrons. The van der Waals surface area contributed by atoms with Crippen LogP contribution in [0.1, 0.15) is 5.56 Å². The smallest absolute Gasteiger partial charge is 0.0540 e. The molecule has 1 heterocycles. The molecule has 0 aliphatic carbocycles. The van der Waals surface area contributed by atoms with Crippen molar-refractivity contribution in [1.29, 1.82) is 0 Å². The fourth-order valence-corrected chi connectivity index (χ4v) is 7.75. The van der Waals surface area contributed by atoms with Gasteiger partial charge in [-0.3, -0.25) is 0 Å². The van der Waals surface area contributed by atoms with Crippen molar-refractivity contribution in [2.45, 2.75) is 0 Å². The van der Waals surface area contributed by atoms with E-state index in [0.717, 1.165) is 33.2 Å². The zero-order valence-corrected chi connectivity index (χ0v) is 28.3. The zero-order chi connectivity index (χ0) is 34.3. The first kappa shape index (κ1) is 30.4. The van der Waals surface area contributed by atoms with Gasteiger partial charge in [0, 0.05) is 16.5 Å². The Balaban J connectivity index is 1.54. The quantitative estimate of drug-likeness (QED) is 0.129. The van der Waals surface area contributed by atoms with Gasteiger partial charge in [0.05, 0.1) is 11.0 Å². The van der Waals surface area contributed by atoms with Gasteiger partial charge in [-0.15, -0.1) is 0 Å². The van der Waals surface area contributed by atoms with Gasteiger partial charge in [0.1, 0.15) is 0 Å². The van der Waals surface area contributed by atoms with Gasteiger partial charge in [-0.25, -0.2) is 0 Å². The van der Waals surface area contributed by atoms with Crippen molar-refractivity contribution < 1.29 is 0 Å². The van der Waals surface area contributed by atoms with Crippen molar-refractivity contribution in [3.63, 3.8) is 0 Å². The largest absolute Gasteiger partial charge is 0.309 e. The van der Waals surface area contributed by atoms with E-state index in [0.29, 0.717) is 0 Å². The predicted octanol–water partition coefficient (Wildman–Crippen LogP) is 13.9. The Morgan fingerprint density at radius 3 is 1.67 bits per heavy atom. The van der Waals surface area contributed by atoms with E-state index in [2.05, 4.69) is 188 Å². The molecule has 9 rings (SSSR count). The molecule has 0 saturated carbocycles. The van der Waals surface area contributed by atoms with Crippen LogP contribution in [-0.4, -0.2) is 4.57 Å². The molecule has 0 unspecified atom stereocenters. The van der Waals surface area contributed by atoms with Crippen molar-refractivity contribution in [1.82, 2.24) is 4.57 Å². The molecular weight excluding hydrogens is 615 g/mol. The minimum atomic E-state index is 1.03. The first-order valence-electron chi connectivity index (χ1n) is 17.4. The monoisotopic (exact) mass is 649 g/mol. The van der Waals surface area contributed by atoms with Gasteiger partial charge in [-0.05, 0) is 102 Å². The second kappa shape index (κ2) is 12.6. The van der Waals surface area contributed by atoms with E-state index in [-0.39, 0.29) is 0 Å². The van der Waals surface area contributed by atoms with Crippen molar-refractivity contribution in [2.75, 3.05) is 0 Å². The van der Waals surface area contributed by atoms with Crippen LogP contribution in [0.4, 0.5) is 0 Å². The van der Waals surface area contributed by atoms with Crippen molar-refractivity contribution >= 4 is 70.5 Å². The summed E-state index contributed by atoms with van der Waals surface area (Å²) < 4.78 is 2.46. The maximum absolute atomic E-state index is 4.14. The van der Waals surface area contributed by atoms with Gasteiger partial charge >= 0.3 is 0 Å². The minimum absolute atomic E-state index is 1.03. The standard InChI is InChI=1S/C50H35N/c1-3-14-34(4-2)37-25-29-49-47(32-37)45-21-12-10-19-43(45)44-20-11-13-22-46(44)48-33-38(35-15-6-5-7-16-35)26-30-50(48)51(49)40-27-28-42-39(31-40)24-23-36-17-8-9-18-41(36)42/h3-33H,1-2H2/b34-14+. The first-order chi connectivity index (χ1) is 25.2. The second-order valence-electron chi connectivity index (χ2n) is 13.0. The van der Waals surface area contributed by atoms with Crippen LogP contribution in [0.3, 0.4) is 0 Å². The SMILES string of the molecule is C=C/C=C(\C=C)c1ccc2c(c1)c1ccccc1c1ccccc1c1cc(-c3ccccc3)ccc1n2-c1ccc2c(ccc3ccccc32)c1. The third-order valence-electron chi connectivity index (χ3n) is 10.1. The third-order valence-corrected chi connectivity index (χ3v) is 10.1. The van der Waals surface area contributed by atoms with Crippen LogP contribution in [0.25, 0.3) is 87.3 Å². The van der Waals surface area contributed by atoms with E-state index < -0.39 is 0 Å². The van der Waals surface area contributed by atoms with Crippen molar-refractivity contribution in [2.24, 2.45) is 0 Å². The fraction of sp³-hybridized carbons (Fsp3) is 0. The van der Waals surface area contributed by atoms with Crippen LogP contribution < -0.4 is 0 Å². The summed E-state index contributed by atoms with van der Waals surface area (Å²) in [7, 11) is 0. The van der Waals surface area contributed by atoms with Gasteiger partial charge in [0.2, 0.25) is 0 Å². The summed E-state index contributed by atoms with van der Waals surface area (Å²) >= 11 is 0. The van der Waals surface area contributed by atoms with E-state index in [1.54, 1.807) is 0 Å². The normalized spacial score (nSPS) is 11.8. The molecule has 0 bridgehead atoms. The summed E-state index contributed by atoms with van der Waals surface area (Å²) in [5.41, 5.74) is 7.83. The van der Waals surface area contributed by atoms with Gasteiger partial charge in [-0.2, -0.15) is 0 Å². The highest BCUT2D eigenvalue weighted by molar-refractivity contribution is 6.20. The molecule has 8 aromatic carbocycles. The highest BCUT2D eigenvalue weighted by Gasteiger charge is 2.14. The van der Waals surface area contributed by atoms with Gasteiger partial charge in [-0.1, -0.05) is 165 Å². The highest BCUT2D eigenvalue weighted by atomic mass is 15.0. The molecule has 0 aliphatic heterocycles. The lowest BCUT2D eigenvalue weighted by Crippen LogP contribution is -1.99. The van der Waals surface area contributed by atoms with Crippen LogP contribution in [-0.2, 0) is 0 Å². The summed E-state index contributed by atoms with van der Waals surface area (Å²) in [6.45, 7) is 8.12. The molecule has 1 heteroatoms. The van der Waals surface area contributed by atoms with Gasteiger partial charge < -0.3 is 4.57 Å². The fourth-order valence-electron chi connectivity index (χ4n) is 7.75. The van der Waals surface area contributed by atoms with Crippen LogP contribution in [0, 0.1) is 0 Å². The van der Waals surface area contributed by atoms with E-state index in [1.165, 1.54) is 59.6 Å². The Labute approximate surface area is 297 Å². The average Bonchev–Trinajstić information content (AvgIpc) is 3.24. The summed E-state index contributed by atoms with van der Waals surface area (Å²) in [6, 6.07) is 62.1. The lowest BCUT2D eigenvalue weighted by Gasteiger charge is -2.16. The molecule has 0 amide bonds. The number of hydrogen-bond acceptors (Lipinski definition) is 0. The molecule has 0 saturated heterocycles. The number of fused-ring (bicyclic) bond motifs is 10. The van der Waals surface area contributed by atoms with Crippen LogP contribution >= 0.6 is 0 Å². The molecule has 9 aromatic rings. The Kier molecular flexibility index (Phi) is 7.52. The zero-order valence-electron chi connectivity index (χ0n) is 28.3. The molecule has 0 fully saturated rings. The molecule has 0 N–H and O–H groups in total. The Morgan fingerprint density at radius 2 is 0.980 bits per heavy atom. The third kappa shape index (κ3) is 5.19. The molecule has 1 aromatic heterocycles. The molecule has 0 spiro atoms. The van der Waals surface area contributed by atoms with Crippen LogP contribution in [0.15, 0.2) is 201 Å². The number of allylic oxidation sites excluding steroid dienone is 4. The lowest BCUT2D eigenvalue weighted by atomic mass is 9.98. The number of hydrogen-bond donors (Lipinski definition) is 0. The molecule has 0 atom stereocenters. The van der Waals surface area contributed by atoms with Crippen molar-refractivity contribution in [3.05, 3.63) is 207 Å². The average molecular weight is 650 g/mol. The van der Waals surface area contributed by atoms with E-state index in [9.17, 15) is 0 Å². The van der Waals surface area contributed by atoms with Gasteiger partial charge in [0.15, 0.2) is 0 Å². The summed E-state index contributed by atoms with van der Waals surface area (Å²) in [6.07, 6.45) is 5.76. The van der Waals surface area contributed by atoms with Gasteiger partial charge in [0.25, 0.3) is 0 Å². The Bertz CT molecular complexity index is 2940. The van der Waals surface area contributed by atoms with Crippen LogP contribution in [0.5, 0.6) is 0 Å². The summed E-state index contributed by atoms with van der Waals surface area (Å²) in [5.74, 6) is 0. The highest BCUT2D eigenvalue weighted by Crippen LogP contribution is 2.38. The second-order valence-corrected chi connectivity index (χ2v) is 13.0. The number of benzene rings is 8. The van der Waals surface area contributed by atoms with E-state index in [1.807, 2.05) is 18.2 Å². The molecule has 51 heavy (non-hydrogen) atoms. The predicted molar refractivity (Wildman–Crippen MR) is 222 cm³/mol. The maximum Gasteiger partial charge on any atom is 0.0540 e. The molecule has 240 valence electrons. The summed E-state index contributed by atoms with van der Waals surface area (Å²) in [5, 5.41) is 12.1. The lowest BCUT2D eigenvalue weighted by molar-refractivity contribution is 1.18. The number of nitrogens with zero attached hydrogens (tertiary/aromatic N) is 1. The number of rotatable bonds is 5. The van der Waals surface area contributed by atoms with E-state index >= 15 is 0 Å². The maximum atomic E-state index is 4.14. The number of aromatic nitrogens is 1. The van der Waals surface area contributed by atoms with Crippen LogP contribution in [0.2, 0.25) is 0 Å². The summed E-state index contributed by atoms with van der Waals surface area (Å²) in [4.78, 5) is 0. The Hall–Kier alpha value is -6.70. The Morgan fingerprint density at radius 1 is 0.412 bits per heavy atom. The molecule has 0 aliphatic rings.